The molecule has 0 bridgehead atoms. The molecule has 1 aliphatic heterocycles. The minimum absolute atomic E-state index is 0.137. The Bertz CT molecular complexity index is 778. The molecule has 132 valence electrons. The number of nitrogens with zero attached hydrogens (tertiary/aromatic N) is 1. The molecule has 1 atom stereocenters. The number of hydrogen-bond donors (Lipinski definition) is 1. The number of rotatable bonds is 5. The standard InChI is InChI=1S/C18H18Cl2N2O3/c1-11(18(23)21-15-7-13(19)6-14(20)8-15)22(2)9-12-3-4-16-17(5-12)25-10-24-16/h3-8,11H,9-10H2,1-2H3,(H,21,23)/t11-/m1/s1. The molecular weight excluding hydrogens is 363 g/mol. The Balaban J connectivity index is 1.63. The van der Waals surface area contributed by atoms with E-state index >= 15 is 0 Å². The molecule has 0 saturated carbocycles. The van der Waals surface area contributed by atoms with E-state index in [1.807, 2.05) is 37.1 Å². The Labute approximate surface area is 156 Å². The molecule has 0 unspecified atom stereocenters. The van der Waals surface area contributed by atoms with Gasteiger partial charge in [-0.15, -0.1) is 0 Å². The third kappa shape index (κ3) is 4.37. The van der Waals surface area contributed by atoms with Crippen LogP contribution in [-0.2, 0) is 11.3 Å². The first-order chi connectivity index (χ1) is 11.9. The van der Waals surface area contributed by atoms with Crippen LogP contribution in [0.4, 0.5) is 5.69 Å². The van der Waals surface area contributed by atoms with Crippen molar-refractivity contribution in [2.24, 2.45) is 0 Å². The van der Waals surface area contributed by atoms with Crippen molar-refractivity contribution < 1.29 is 14.3 Å². The second-order valence-corrected chi connectivity index (χ2v) is 6.80. The van der Waals surface area contributed by atoms with Gasteiger partial charge in [0.25, 0.3) is 0 Å². The van der Waals surface area contributed by atoms with Gasteiger partial charge in [-0.1, -0.05) is 29.3 Å². The van der Waals surface area contributed by atoms with E-state index in [2.05, 4.69) is 5.32 Å². The zero-order chi connectivity index (χ0) is 18.0. The summed E-state index contributed by atoms with van der Waals surface area (Å²) >= 11 is 11.9. The molecule has 0 radical (unpaired) electrons. The van der Waals surface area contributed by atoms with Crippen molar-refractivity contribution in [2.75, 3.05) is 19.2 Å². The maximum Gasteiger partial charge on any atom is 0.241 e. The summed E-state index contributed by atoms with van der Waals surface area (Å²) in [5, 5.41) is 3.79. The van der Waals surface area contributed by atoms with Crippen LogP contribution in [0.1, 0.15) is 12.5 Å². The predicted molar refractivity (Wildman–Crippen MR) is 98.6 cm³/mol. The summed E-state index contributed by atoms with van der Waals surface area (Å²) in [6, 6.07) is 10.4. The van der Waals surface area contributed by atoms with Gasteiger partial charge in [-0.25, -0.2) is 0 Å². The normalized spacial score (nSPS) is 13.8. The van der Waals surface area contributed by atoms with Crippen LogP contribution in [0, 0.1) is 0 Å². The summed E-state index contributed by atoms with van der Waals surface area (Å²) in [5.74, 6) is 1.34. The lowest BCUT2D eigenvalue weighted by Crippen LogP contribution is -2.39. The molecular formula is C18H18Cl2N2O3. The lowest BCUT2D eigenvalue weighted by molar-refractivity contribution is -0.120. The van der Waals surface area contributed by atoms with E-state index in [9.17, 15) is 4.79 Å². The number of nitrogens with one attached hydrogen (secondary N) is 1. The van der Waals surface area contributed by atoms with Crippen molar-refractivity contribution in [3.63, 3.8) is 0 Å². The molecule has 2 aromatic rings. The number of amides is 1. The van der Waals surface area contributed by atoms with Crippen LogP contribution in [0.3, 0.4) is 0 Å². The monoisotopic (exact) mass is 380 g/mol. The smallest absolute Gasteiger partial charge is 0.241 e. The molecule has 3 rings (SSSR count). The lowest BCUT2D eigenvalue weighted by atomic mass is 10.1. The Morgan fingerprint density at radius 3 is 2.56 bits per heavy atom. The second-order valence-electron chi connectivity index (χ2n) is 5.93. The molecule has 1 N–H and O–H groups in total. The molecule has 25 heavy (non-hydrogen) atoms. The molecule has 2 aromatic carbocycles. The van der Waals surface area contributed by atoms with E-state index in [1.54, 1.807) is 18.2 Å². The van der Waals surface area contributed by atoms with Gasteiger partial charge in [0, 0.05) is 22.3 Å². The summed E-state index contributed by atoms with van der Waals surface area (Å²) < 4.78 is 10.7. The summed E-state index contributed by atoms with van der Waals surface area (Å²) in [5.41, 5.74) is 1.61. The lowest BCUT2D eigenvalue weighted by Gasteiger charge is -2.24. The zero-order valence-corrected chi connectivity index (χ0v) is 15.4. The molecule has 0 fully saturated rings. The van der Waals surface area contributed by atoms with Gasteiger partial charge < -0.3 is 14.8 Å². The van der Waals surface area contributed by atoms with E-state index < -0.39 is 0 Å². The van der Waals surface area contributed by atoms with Gasteiger partial charge in [0.15, 0.2) is 11.5 Å². The van der Waals surface area contributed by atoms with Gasteiger partial charge in [0.1, 0.15) is 0 Å². The first-order valence-corrected chi connectivity index (χ1v) is 8.53. The van der Waals surface area contributed by atoms with Crippen molar-refractivity contribution in [1.29, 1.82) is 0 Å². The van der Waals surface area contributed by atoms with Crippen LogP contribution in [-0.4, -0.2) is 30.7 Å². The number of halogens is 2. The highest BCUT2D eigenvalue weighted by atomic mass is 35.5. The maximum atomic E-state index is 12.5. The number of carbonyl (C=O) groups is 1. The summed E-state index contributed by atoms with van der Waals surface area (Å²) in [7, 11) is 1.89. The first kappa shape index (κ1) is 17.9. The minimum Gasteiger partial charge on any atom is -0.454 e. The fraction of sp³-hybridized carbons (Fsp3) is 0.278. The number of ether oxygens (including phenoxy) is 2. The van der Waals surface area contributed by atoms with Gasteiger partial charge >= 0.3 is 0 Å². The molecule has 5 nitrogen and oxygen atoms in total. The van der Waals surface area contributed by atoms with Gasteiger partial charge in [0.2, 0.25) is 12.7 Å². The van der Waals surface area contributed by atoms with E-state index in [0.29, 0.717) is 22.3 Å². The van der Waals surface area contributed by atoms with Crippen LogP contribution in [0.5, 0.6) is 11.5 Å². The summed E-state index contributed by atoms with van der Waals surface area (Å²) in [4.78, 5) is 14.4. The quantitative estimate of drug-likeness (QED) is 0.844. The molecule has 0 saturated heterocycles. The Morgan fingerprint density at radius 1 is 1.16 bits per heavy atom. The molecule has 0 spiro atoms. The van der Waals surface area contributed by atoms with Crippen LogP contribution in [0.15, 0.2) is 36.4 Å². The Morgan fingerprint density at radius 2 is 1.84 bits per heavy atom. The largest absolute Gasteiger partial charge is 0.454 e. The average Bonchev–Trinajstić information content (AvgIpc) is 3.00. The number of fused-ring (bicyclic) bond motifs is 1. The van der Waals surface area contributed by atoms with Gasteiger partial charge in [0.05, 0.1) is 6.04 Å². The number of anilines is 1. The molecule has 1 amide bonds. The minimum atomic E-state index is -0.344. The third-order valence-electron chi connectivity index (χ3n) is 4.04. The van der Waals surface area contributed by atoms with Crippen molar-refractivity contribution in [2.45, 2.75) is 19.5 Å². The number of benzene rings is 2. The van der Waals surface area contributed by atoms with E-state index in [1.165, 1.54) is 0 Å². The van der Waals surface area contributed by atoms with Crippen molar-refractivity contribution in [1.82, 2.24) is 4.90 Å². The van der Waals surface area contributed by atoms with E-state index in [4.69, 9.17) is 32.7 Å². The number of likely N-dealkylation sites (N-methyl/N-ethyl adjacent to an activating group) is 1. The highest BCUT2D eigenvalue weighted by molar-refractivity contribution is 6.35. The molecule has 0 aromatic heterocycles. The molecule has 1 heterocycles. The molecule has 7 heteroatoms. The van der Waals surface area contributed by atoms with Crippen molar-refractivity contribution in [3.8, 4) is 11.5 Å². The maximum absolute atomic E-state index is 12.5. The zero-order valence-electron chi connectivity index (χ0n) is 13.9. The second kappa shape index (κ2) is 7.52. The van der Waals surface area contributed by atoms with Crippen molar-refractivity contribution in [3.05, 3.63) is 52.0 Å². The van der Waals surface area contributed by atoms with Gasteiger partial charge in [-0.2, -0.15) is 0 Å². The predicted octanol–water partition coefficient (Wildman–Crippen LogP) is 4.18. The van der Waals surface area contributed by atoms with E-state index in [0.717, 1.165) is 17.1 Å². The van der Waals surface area contributed by atoms with E-state index in [-0.39, 0.29) is 18.7 Å². The number of hydrogen-bond acceptors (Lipinski definition) is 4. The third-order valence-corrected chi connectivity index (χ3v) is 4.48. The summed E-state index contributed by atoms with van der Waals surface area (Å²) in [6.45, 7) is 2.69. The van der Waals surface area contributed by atoms with Crippen LogP contribution < -0.4 is 14.8 Å². The average molecular weight is 381 g/mol. The van der Waals surface area contributed by atoms with Crippen LogP contribution in [0.25, 0.3) is 0 Å². The molecule has 1 aliphatic rings. The fourth-order valence-electron chi connectivity index (χ4n) is 2.54. The van der Waals surface area contributed by atoms with Gasteiger partial charge in [-0.3, -0.25) is 9.69 Å². The van der Waals surface area contributed by atoms with Gasteiger partial charge in [-0.05, 0) is 49.9 Å². The van der Waals surface area contributed by atoms with Crippen LogP contribution in [0.2, 0.25) is 10.0 Å². The van der Waals surface area contributed by atoms with Crippen molar-refractivity contribution >= 4 is 34.8 Å². The van der Waals surface area contributed by atoms with Crippen LogP contribution >= 0.6 is 23.2 Å². The molecule has 0 aliphatic carbocycles. The highest BCUT2D eigenvalue weighted by Crippen LogP contribution is 2.32. The summed E-state index contributed by atoms with van der Waals surface area (Å²) in [6.07, 6.45) is 0. The number of carbonyl (C=O) groups excluding carboxylic acids is 1. The Kier molecular flexibility index (Phi) is 5.37. The topological polar surface area (TPSA) is 50.8 Å². The fourth-order valence-corrected chi connectivity index (χ4v) is 3.06. The Hall–Kier alpha value is -1.95. The SMILES string of the molecule is C[C@H](C(=O)Nc1cc(Cl)cc(Cl)c1)N(C)Cc1ccc2c(c1)OCO2. The highest BCUT2D eigenvalue weighted by Gasteiger charge is 2.20. The first-order valence-electron chi connectivity index (χ1n) is 7.78.